The lowest BCUT2D eigenvalue weighted by Crippen LogP contribution is -1.83. The maximum Gasteiger partial charge on any atom is 0.126 e. The van der Waals surface area contributed by atoms with E-state index in [0.29, 0.717) is 9.51 Å². The van der Waals surface area contributed by atoms with Crippen LogP contribution in [0.4, 0.5) is 0 Å². The van der Waals surface area contributed by atoms with Crippen molar-refractivity contribution < 1.29 is 0 Å². The predicted octanol–water partition coefficient (Wildman–Crippen LogP) is 7.92. The highest BCUT2D eigenvalue weighted by Gasteiger charge is 2.09. The van der Waals surface area contributed by atoms with Crippen molar-refractivity contribution in [1.29, 1.82) is 0 Å². The highest BCUT2D eigenvalue weighted by atomic mass is 79.9. The van der Waals surface area contributed by atoms with Crippen LogP contribution in [0.25, 0.3) is 0 Å². The Morgan fingerprint density at radius 2 is 1.50 bits per heavy atom. The molecule has 0 nitrogen and oxygen atoms in total. The molecule has 0 unspecified atom stereocenters. The molecule has 0 aromatic rings. The molecule has 0 spiro atoms. The smallest absolute Gasteiger partial charge is 0.117 e. The molecule has 0 fully saturated rings. The van der Waals surface area contributed by atoms with Gasteiger partial charge in [-0.3, -0.25) is 0 Å². The highest BCUT2D eigenvalue weighted by molar-refractivity contribution is 9.15. The van der Waals surface area contributed by atoms with E-state index in [1.54, 1.807) is 11.8 Å². The Balaban J connectivity index is 3.86. The lowest BCUT2D eigenvalue weighted by Gasteiger charge is -2.04. The molecule has 18 heavy (non-hydrogen) atoms. The molecule has 0 amide bonds. The Morgan fingerprint density at radius 3 is 2.06 bits per heavy atom. The van der Waals surface area contributed by atoms with Gasteiger partial charge in [-0.25, -0.2) is 0 Å². The summed E-state index contributed by atoms with van der Waals surface area (Å²) in [6.45, 7) is 2.23. The van der Waals surface area contributed by atoms with E-state index in [2.05, 4.69) is 38.8 Å². The van der Waals surface area contributed by atoms with Crippen LogP contribution >= 0.6 is 78.4 Å². The highest BCUT2D eigenvalue weighted by Crippen LogP contribution is 2.38. The number of halogens is 5. The van der Waals surface area contributed by atoms with Gasteiger partial charge in [0.2, 0.25) is 0 Å². The second kappa shape index (κ2) is 12.4. The summed E-state index contributed by atoms with van der Waals surface area (Å²) < 4.78 is 1.71. The molecular formula is C12H17Br2Cl3S. The van der Waals surface area contributed by atoms with Crippen LogP contribution in [0.15, 0.2) is 17.8 Å². The molecule has 0 atom stereocenters. The lowest BCUT2D eigenvalue weighted by atomic mass is 10.1. The molecule has 0 aliphatic rings. The van der Waals surface area contributed by atoms with Gasteiger partial charge in [0.05, 0.1) is 13.3 Å². The number of hydrogen-bond acceptors (Lipinski definition) is 1. The fraction of sp³-hybridized carbons (Fsp3) is 0.667. The number of thioether (sulfide) groups is 1. The first-order valence-electron chi connectivity index (χ1n) is 5.89. The van der Waals surface area contributed by atoms with Gasteiger partial charge in [-0.1, -0.05) is 73.8 Å². The Kier molecular flexibility index (Phi) is 13.5. The van der Waals surface area contributed by atoms with Crippen LogP contribution < -0.4 is 0 Å². The van der Waals surface area contributed by atoms with Gasteiger partial charge in [0.25, 0.3) is 0 Å². The van der Waals surface area contributed by atoms with Crippen molar-refractivity contribution in [3.8, 4) is 0 Å². The summed E-state index contributed by atoms with van der Waals surface area (Å²) >= 11 is 25.7. The summed E-state index contributed by atoms with van der Waals surface area (Å²) in [6.07, 6.45) is 7.80. The first-order valence-corrected chi connectivity index (χ1v) is 9.60. The Bertz CT molecular complexity index is 300. The summed E-state index contributed by atoms with van der Waals surface area (Å²) in [7, 11) is 0. The third-order valence-electron chi connectivity index (χ3n) is 2.26. The van der Waals surface area contributed by atoms with E-state index < -0.39 is 0 Å². The van der Waals surface area contributed by atoms with Gasteiger partial charge < -0.3 is 0 Å². The average molecular weight is 460 g/mol. The minimum absolute atomic E-state index is 0.0701. The van der Waals surface area contributed by atoms with Crippen molar-refractivity contribution in [1.82, 2.24) is 0 Å². The molecule has 0 N–H and O–H groups in total. The van der Waals surface area contributed by atoms with Gasteiger partial charge in [0.15, 0.2) is 0 Å². The molecule has 6 heteroatoms. The Morgan fingerprint density at radius 1 is 0.944 bits per heavy atom. The summed E-state index contributed by atoms with van der Waals surface area (Å²) in [6, 6.07) is 0. The zero-order valence-electron chi connectivity index (χ0n) is 10.2. The molecule has 0 aliphatic heterocycles. The van der Waals surface area contributed by atoms with Gasteiger partial charge in [0.1, 0.15) is 4.49 Å². The van der Waals surface area contributed by atoms with Gasteiger partial charge >= 0.3 is 0 Å². The third kappa shape index (κ3) is 9.55. The maximum atomic E-state index is 5.93. The van der Waals surface area contributed by atoms with Crippen LogP contribution in [-0.2, 0) is 0 Å². The summed E-state index contributed by atoms with van der Waals surface area (Å²) in [5.74, 6) is 1.06. The number of hydrogen-bond donors (Lipinski definition) is 0. The van der Waals surface area contributed by atoms with E-state index in [4.69, 9.17) is 34.8 Å². The summed E-state index contributed by atoms with van der Waals surface area (Å²) in [4.78, 5) is 0. The van der Waals surface area contributed by atoms with Crippen LogP contribution in [0.1, 0.15) is 45.4 Å². The molecule has 106 valence electrons. The fourth-order valence-corrected chi connectivity index (χ4v) is 3.94. The Hall–Kier alpha value is 1.66. The third-order valence-corrected chi connectivity index (χ3v) is 7.06. The molecular weight excluding hydrogens is 442 g/mol. The minimum atomic E-state index is 0.0701. The van der Waals surface area contributed by atoms with Crippen molar-refractivity contribution in [2.45, 2.75) is 45.4 Å². The van der Waals surface area contributed by atoms with Crippen LogP contribution in [0.2, 0.25) is 0 Å². The topological polar surface area (TPSA) is 0 Å². The minimum Gasteiger partial charge on any atom is -0.117 e. The van der Waals surface area contributed by atoms with E-state index in [1.807, 2.05) is 0 Å². The quantitative estimate of drug-likeness (QED) is 0.249. The van der Waals surface area contributed by atoms with E-state index in [-0.39, 0.29) is 4.49 Å². The monoisotopic (exact) mass is 456 g/mol. The zero-order valence-corrected chi connectivity index (χ0v) is 16.5. The van der Waals surface area contributed by atoms with Gasteiger partial charge in [-0.05, 0) is 44.0 Å². The van der Waals surface area contributed by atoms with Crippen LogP contribution in [0.5, 0.6) is 0 Å². The lowest BCUT2D eigenvalue weighted by molar-refractivity contribution is 0.627. The maximum absolute atomic E-state index is 5.93. The van der Waals surface area contributed by atoms with Crippen molar-refractivity contribution in [3.05, 3.63) is 17.8 Å². The predicted molar refractivity (Wildman–Crippen MR) is 95.3 cm³/mol. The normalized spacial score (nSPS) is 12.3. The number of allylic oxidation sites excluding steroid dienone is 2. The van der Waals surface area contributed by atoms with E-state index in [1.165, 1.54) is 38.5 Å². The van der Waals surface area contributed by atoms with Crippen LogP contribution in [0.3, 0.4) is 0 Å². The summed E-state index contributed by atoms with van der Waals surface area (Å²) in [5.41, 5.74) is 0. The molecule has 0 radical (unpaired) electrons. The van der Waals surface area contributed by atoms with Gasteiger partial charge in [0, 0.05) is 0 Å². The largest absolute Gasteiger partial charge is 0.126 e. The van der Waals surface area contributed by atoms with Gasteiger partial charge in [-0.15, -0.1) is 11.8 Å². The SMILES string of the molecule is CCCCCCCCS/C(Br)=C(\Br)C(Cl)=C(Cl)Cl. The molecule has 0 saturated heterocycles. The molecule has 0 aromatic heterocycles. The standard InChI is InChI=1S/C12H17Br2Cl3S/c1-2-3-4-5-6-7-8-18-11(14)9(13)10(15)12(16)17/h2-8H2,1H3/b11-9-. The zero-order chi connectivity index (χ0) is 14.0. The van der Waals surface area contributed by atoms with Crippen molar-refractivity contribution >= 4 is 78.4 Å². The number of unbranched alkanes of at least 4 members (excludes halogenated alkanes) is 5. The van der Waals surface area contributed by atoms with Gasteiger partial charge in [-0.2, -0.15) is 0 Å². The first kappa shape index (κ1) is 19.7. The molecule has 0 aliphatic carbocycles. The van der Waals surface area contributed by atoms with Crippen molar-refractivity contribution in [2.75, 3.05) is 5.75 Å². The van der Waals surface area contributed by atoms with Crippen LogP contribution in [-0.4, -0.2) is 5.75 Å². The second-order valence-corrected chi connectivity index (χ2v) is 8.32. The summed E-state index contributed by atoms with van der Waals surface area (Å²) in [5, 5.41) is 0.334. The molecule has 0 saturated carbocycles. The van der Waals surface area contributed by atoms with E-state index >= 15 is 0 Å². The van der Waals surface area contributed by atoms with Crippen molar-refractivity contribution in [2.24, 2.45) is 0 Å². The average Bonchev–Trinajstić information content (AvgIpc) is 2.35. The number of rotatable bonds is 9. The van der Waals surface area contributed by atoms with Crippen molar-refractivity contribution in [3.63, 3.8) is 0 Å². The van der Waals surface area contributed by atoms with E-state index in [0.717, 1.165) is 9.57 Å². The molecule has 0 aromatic carbocycles. The Labute approximate surface area is 146 Å². The molecule has 0 rings (SSSR count). The van der Waals surface area contributed by atoms with E-state index in [9.17, 15) is 0 Å². The van der Waals surface area contributed by atoms with Crippen LogP contribution in [0, 0.1) is 0 Å². The second-order valence-electron chi connectivity index (χ2n) is 3.78. The molecule has 0 bridgehead atoms. The fourth-order valence-electron chi connectivity index (χ4n) is 1.28. The first-order chi connectivity index (χ1) is 8.50. The molecule has 0 heterocycles.